The Hall–Kier alpha value is -2.74. The lowest BCUT2D eigenvalue weighted by molar-refractivity contribution is 0.0620. The molecule has 0 atom stereocenters. The van der Waals surface area contributed by atoms with Crippen LogP contribution >= 0.6 is 0 Å². The van der Waals surface area contributed by atoms with Crippen LogP contribution in [0.15, 0.2) is 41.3 Å². The molecule has 144 valence electrons. The number of ketones is 1. The van der Waals surface area contributed by atoms with Crippen molar-refractivity contribution in [3.63, 3.8) is 0 Å². The van der Waals surface area contributed by atoms with Crippen LogP contribution < -0.4 is 18.9 Å². The number of carbonyl (C=O) groups excluding carboxylic acids is 1. The number of anilines is 1. The number of sulfonamides is 1. The zero-order valence-electron chi connectivity index (χ0n) is 15.5. The highest BCUT2D eigenvalue weighted by Crippen LogP contribution is 2.36. The number of hydrogen-bond donors (Lipinski definition) is 1. The van der Waals surface area contributed by atoms with Crippen LogP contribution in [0.25, 0.3) is 0 Å². The predicted octanol–water partition coefficient (Wildman–Crippen LogP) is 3.25. The largest absolute Gasteiger partial charge is 0.497 e. The van der Waals surface area contributed by atoms with Crippen LogP contribution in [0.5, 0.6) is 17.2 Å². The van der Waals surface area contributed by atoms with Crippen molar-refractivity contribution in [3.05, 3.63) is 42.0 Å². The van der Waals surface area contributed by atoms with E-state index >= 15 is 0 Å². The minimum absolute atomic E-state index is 0.0641. The molecule has 0 radical (unpaired) electrons. The van der Waals surface area contributed by atoms with Gasteiger partial charge in [-0.15, -0.1) is 0 Å². The first-order valence-electron chi connectivity index (χ1n) is 8.26. The molecule has 2 aromatic rings. The summed E-state index contributed by atoms with van der Waals surface area (Å²) in [5.74, 6) is 0.911. The van der Waals surface area contributed by atoms with Crippen LogP contribution in [-0.4, -0.2) is 34.0 Å². The van der Waals surface area contributed by atoms with E-state index in [9.17, 15) is 13.2 Å². The van der Waals surface area contributed by atoms with E-state index in [4.69, 9.17) is 14.2 Å². The van der Waals surface area contributed by atoms with Crippen molar-refractivity contribution >= 4 is 21.5 Å². The van der Waals surface area contributed by atoms with Gasteiger partial charge in [0.25, 0.3) is 10.0 Å². The molecule has 27 heavy (non-hydrogen) atoms. The third-order valence-corrected chi connectivity index (χ3v) is 5.57. The van der Waals surface area contributed by atoms with Crippen molar-refractivity contribution in [2.45, 2.75) is 30.8 Å². The summed E-state index contributed by atoms with van der Waals surface area (Å²) in [6, 6.07) is 9.12. The molecule has 0 spiro atoms. The molecular weight excluding hydrogens is 370 g/mol. The van der Waals surface area contributed by atoms with E-state index in [1.54, 1.807) is 18.2 Å². The molecule has 0 fully saturated rings. The molecule has 1 aliphatic rings. The third-order valence-electron chi connectivity index (χ3n) is 4.17. The number of ether oxygens (including phenoxy) is 3. The average Bonchev–Trinajstić information content (AvgIpc) is 2.60. The van der Waals surface area contributed by atoms with Crippen LogP contribution in [-0.2, 0) is 10.0 Å². The van der Waals surface area contributed by atoms with E-state index < -0.39 is 15.6 Å². The summed E-state index contributed by atoms with van der Waals surface area (Å²) in [6.45, 7) is 3.67. The molecule has 1 heterocycles. The maximum Gasteiger partial charge on any atom is 0.265 e. The van der Waals surface area contributed by atoms with Gasteiger partial charge in [-0.1, -0.05) is 0 Å². The fourth-order valence-electron chi connectivity index (χ4n) is 2.92. The van der Waals surface area contributed by atoms with Crippen LogP contribution in [0.3, 0.4) is 0 Å². The zero-order valence-corrected chi connectivity index (χ0v) is 16.3. The number of benzene rings is 2. The monoisotopic (exact) mass is 391 g/mol. The topological polar surface area (TPSA) is 90.9 Å². The number of methoxy groups -OCH3 is 2. The molecule has 0 amide bonds. The summed E-state index contributed by atoms with van der Waals surface area (Å²) in [5.41, 5.74) is 0.0291. The Morgan fingerprint density at radius 1 is 1.07 bits per heavy atom. The molecule has 1 aliphatic heterocycles. The fraction of sp³-hybridized carbons (Fsp3) is 0.316. The lowest BCUT2D eigenvalue weighted by Gasteiger charge is -2.31. The highest BCUT2D eigenvalue weighted by atomic mass is 32.2. The van der Waals surface area contributed by atoms with Crippen molar-refractivity contribution in [2.24, 2.45) is 0 Å². The van der Waals surface area contributed by atoms with Gasteiger partial charge >= 0.3 is 0 Å². The minimum Gasteiger partial charge on any atom is -0.497 e. The molecule has 0 saturated heterocycles. The van der Waals surface area contributed by atoms with Gasteiger partial charge < -0.3 is 14.2 Å². The summed E-state index contributed by atoms with van der Waals surface area (Å²) in [6.07, 6.45) is 0.222. The number of rotatable bonds is 5. The van der Waals surface area contributed by atoms with Crippen molar-refractivity contribution in [3.8, 4) is 17.2 Å². The van der Waals surface area contributed by atoms with E-state index in [1.165, 1.54) is 32.4 Å². The molecule has 1 N–H and O–H groups in total. The van der Waals surface area contributed by atoms with Gasteiger partial charge in [-0.05, 0) is 44.2 Å². The Labute approximate surface area is 158 Å². The second-order valence-corrected chi connectivity index (χ2v) is 8.45. The molecule has 8 heteroatoms. The Morgan fingerprint density at radius 2 is 1.81 bits per heavy atom. The Morgan fingerprint density at radius 3 is 2.48 bits per heavy atom. The van der Waals surface area contributed by atoms with Gasteiger partial charge in [0.1, 0.15) is 27.7 Å². The van der Waals surface area contributed by atoms with Crippen LogP contribution in [0.2, 0.25) is 0 Å². The van der Waals surface area contributed by atoms with Crippen molar-refractivity contribution in [1.29, 1.82) is 0 Å². The Kier molecular flexibility index (Phi) is 4.77. The summed E-state index contributed by atoms with van der Waals surface area (Å²) in [7, 11) is -1.13. The SMILES string of the molecule is COc1ccc(OC)c(S(=O)(=O)Nc2ccc3c(c2)C(=O)CC(C)(C)O3)c1. The van der Waals surface area contributed by atoms with Crippen LogP contribution in [0.1, 0.15) is 30.6 Å². The van der Waals surface area contributed by atoms with Gasteiger partial charge in [0.15, 0.2) is 5.78 Å². The third kappa shape index (κ3) is 3.85. The summed E-state index contributed by atoms with van der Waals surface area (Å²) >= 11 is 0. The van der Waals surface area contributed by atoms with E-state index in [0.717, 1.165) is 0 Å². The van der Waals surface area contributed by atoms with Gasteiger partial charge in [-0.2, -0.15) is 0 Å². The molecule has 0 aromatic heterocycles. The number of carbonyl (C=O) groups is 1. The maximum atomic E-state index is 12.8. The Balaban J connectivity index is 1.96. The van der Waals surface area contributed by atoms with Gasteiger partial charge in [0.2, 0.25) is 0 Å². The standard InChI is InChI=1S/C19H21NO6S/c1-19(2)11-15(21)14-9-12(5-7-16(14)26-19)20-27(22,23)18-10-13(24-3)6-8-17(18)25-4/h5-10,20H,11H2,1-4H3. The summed E-state index contributed by atoms with van der Waals surface area (Å²) in [4.78, 5) is 12.3. The lowest BCUT2D eigenvalue weighted by Crippen LogP contribution is -2.35. The first kappa shape index (κ1) is 19.0. The number of fused-ring (bicyclic) bond motifs is 1. The van der Waals surface area contributed by atoms with Gasteiger partial charge in [0.05, 0.1) is 26.2 Å². The molecule has 0 unspecified atom stereocenters. The Bertz CT molecular complexity index is 997. The summed E-state index contributed by atoms with van der Waals surface area (Å²) in [5, 5.41) is 0. The molecule has 2 aromatic carbocycles. The molecule has 0 aliphatic carbocycles. The molecule has 7 nitrogen and oxygen atoms in total. The second kappa shape index (κ2) is 6.77. The highest BCUT2D eigenvalue weighted by Gasteiger charge is 2.33. The second-order valence-electron chi connectivity index (χ2n) is 6.79. The minimum atomic E-state index is -3.96. The number of Topliss-reactive ketones (excluding diaryl/α,β-unsaturated/α-hetero) is 1. The van der Waals surface area contributed by atoms with Gasteiger partial charge in [-0.3, -0.25) is 9.52 Å². The number of hydrogen-bond acceptors (Lipinski definition) is 6. The van der Waals surface area contributed by atoms with Gasteiger partial charge in [0, 0.05) is 11.8 Å². The molecule has 0 saturated carbocycles. The van der Waals surface area contributed by atoms with E-state index in [-0.39, 0.29) is 28.5 Å². The number of nitrogens with one attached hydrogen (secondary N) is 1. The normalized spacial score (nSPS) is 15.5. The smallest absolute Gasteiger partial charge is 0.265 e. The van der Waals surface area contributed by atoms with Crippen LogP contribution in [0.4, 0.5) is 5.69 Å². The highest BCUT2D eigenvalue weighted by molar-refractivity contribution is 7.92. The fourth-order valence-corrected chi connectivity index (χ4v) is 4.15. The molecule has 0 bridgehead atoms. The zero-order chi connectivity index (χ0) is 19.8. The lowest BCUT2D eigenvalue weighted by atomic mass is 9.93. The first-order chi connectivity index (χ1) is 12.6. The molecule has 3 rings (SSSR count). The average molecular weight is 391 g/mol. The van der Waals surface area contributed by atoms with E-state index in [1.807, 2.05) is 13.8 Å². The predicted molar refractivity (Wildman–Crippen MR) is 100 cm³/mol. The van der Waals surface area contributed by atoms with Crippen molar-refractivity contribution in [2.75, 3.05) is 18.9 Å². The van der Waals surface area contributed by atoms with Crippen molar-refractivity contribution < 1.29 is 27.4 Å². The molecular formula is C19H21NO6S. The van der Waals surface area contributed by atoms with Crippen molar-refractivity contribution in [1.82, 2.24) is 0 Å². The first-order valence-corrected chi connectivity index (χ1v) is 9.75. The quantitative estimate of drug-likeness (QED) is 0.841. The van der Waals surface area contributed by atoms with Gasteiger partial charge in [-0.25, -0.2) is 8.42 Å². The van der Waals surface area contributed by atoms with E-state index in [2.05, 4.69) is 4.72 Å². The van der Waals surface area contributed by atoms with Crippen LogP contribution in [0, 0.1) is 0 Å². The maximum absolute atomic E-state index is 12.8. The summed E-state index contributed by atoms with van der Waals surface area (Å²) < 4.78 is 44.2. The van der Waals surface area contributed by atoms with E-state index in [0.29, 0.717) is 17.1 Å².